The van der Waals surface area contributed by atoms with E-state index < -0.39 is 0 Å². The minimum absolute atomic E-state index is 0.129. The minimum atomic E-state index is -0.273. The van der Waals surface area contributed by atoms with Crippen molar-refractivity contribution in [3.8, 4) is 11.3 Å². The molecule has 2 heterocycles. The Bertz CT molecular complexity index is 828. The maximum atomic E-state index is 12.4. The first-order chi connectivity index (χ1) is 12.2. The predicted molar refractivity (Wildman–Crippen MR) is 89.5 cm³/mol. The molecule has 1 atom stereocenters. The fourth-order valence-corrected chi connectivity index (χ4v) is 2.36. The standard InChI is InChI=1S/C17H19N5O3/c1-3-24-11(2)16-20-14(25-22-16)10-18-17(23)13-9-19-21-15(13)12-7-5-4-6-8-12/h4-9,11H,3,10H2,1-2H3,(H,18,23)(H,19,21)/t11-/m1/s1. The quantitative estimate of drug-likeness (QED) is 0.684. The second-order valence-corrected chi connectivity index (χ2v) is 5.35. The molecule has 0 fully saturated rings. The molecule has 1 amide bonds. The summed E-state index contributed by atoms with van der Waals surface area (Å²) in [5.74, 6) is 0.504. The van der Waals surface area contributed by atoms with Gasteiger partial charge in [0.05, 0.1) is 24.0 Å². The number of aromatic nitrogens is 4. The summed E-state index contributed by atoms with van der Waals surface area (Å²) in [6, 6.07) is 9.53. The normalized spacial score (nSPS) is 12.1. The van der Waals surface area contributed by atoms with Crippen LogP contribution in [-0.2, 0) is 11.3 Å². The van der Waals surface area contributed by atoms with Gasteiger partial charge >= 0.3 is 0 Å². The summed E-state index contributed by atoms with van der Waals surface area (Å²) in [4.78, 5) is 16.7. The summed E-state index contributed by atoms with van der Waals surface area (Å²) in [5, 5.41) is 13.4. The van der Waals surface area contributed by atoms with E-state index in [1.807, 2.05) is 44.2 Å². The van der Waals surface area contributed by atoms with Crippen molar-refractivity contribution in [1.82, 2.24) is 25.7 Å². The highest BCUT2D eigenvalue weighted by Crippen LogP contribution is 2.20. The first kappa shape index (κ1) is 16.8. The van der Waals surface area contributed by atoms with Crippen LogP contribution < -0.4 is 5.32 Å². The Kier molecular flexibility index (Phi) is 5.20. The molecule has 0 radical (unpaired) electrons. The fraction of sp³-hybridized carbons (Fsp3) is 0.294. The van der Waals surface area contributed by atoms with Crippen LogP contribution in [0.4, 0.5) is 0 Å². The third kappa shape index (κ3) is 3.92. The average Bonchev–Trinajstić information content (AvgIpc) is 3.30. The number of amides is 1. The molecule has 8 nitrogen and oxygen atoms in total. The molecule has 130 valence electrons. The molecule has 0 unspecified atom stereocenters. The lowest BCUT2D eigenvalue weighted by Gasteiger charge is -2.05. The SMILES string of the molecule is CCO[C@H](C)c1noc(CNC(=O)c2cn[nH]c2-c2ccccc2)n1. The number of nitrogens with zero attached hydrogens (tertiary/aromatic N) is 3. The Morgan fingerprint density at radius 1 is 1.36 bits per heavy atom. The molecule has 8 heteroatoms. The van der Waals surface area contributed by atoms with Crippen molar-refractivity contribution in [2.45, 2.75) is 26.5 Å². The van der Waals surface area contributed by atoms with Gasteiger partial charge in [0.25, 0.3) is 5.91 Å². The molecular weight excluding hydrogens is 322 g/mol. The summed E-state index contributed by atoms with van der Waals surface area (Å²) in [6.45, 7) is 4.43. The second kappa shape index (κ2) is 7.71. The molecule has 0 saturated heterocycles. The van der Waals surface area contributed by atoms with Crippen LogP contribution in [0.15, 0.2) is 41.1 Å². The molecule has 3 rings (SSSR count). The molecule has 0 spiro atoms. The van der Waals surface area contributed by atoms with Crippen LogP contribution in [0.25, 0.3) is 11.3 Å². The Labute approximate surface area is 144 Å². The van der Waals surface area contributed by atoms with E-state index >= 15 is 0 Å². The van der Waals surface area contributed by atoms with Gasteiger partial charge in [-0.25, -0.2) is 0 Å². The van der Waals surface area contributed by atoms with E-state index in [-0.39, 0.29) is 18.6 Å². The number of aromatic amines is 1. The van der Waals surface area contributed by atoms with Gasteiger partial charge in [-0.2, -0.15) is 10.1 Å². The molecule has 0 bridgehead atoms. The smallest absolute Gasteiger partial charge is 0.255 e. The summed E-state index contributed by atoms with van der Waals surface area (Å²) in [5.41, 5.74) is 2.00. The van der Waals surface area contributed by atoms with E-state index in [0.717, 1.165) is 5.56 Å². The third-order valence-electron chi connectivity index (χ3n) is 3.61. The van der Waals surface area contributed by atoms with E-state index in [4.69, 9.17) is 9.26 Å². The van der Waals surface area contributed by atoms with E-state index in [0.29, 0.717) is 29.6 Å². The van der Waals surface area contributed by atoms with Crippen LogP contribution in [0, 0.1) is 0 Å². The van der Waals surface area contributed by atoms with Gasteiger partial charge in [-0.15, -0.1) is 0 Å². The number of ether oxygens (including phenoxy) is 1. The number of carbonyl (C=O) groups excluding carboxylic acids is 1. The summed E-state index contributed by atoms with van der Waals surface area (Å²) in [7, 11) is 0. The summed E-state index contributed by atoms with van der Waals surface area (Å²) in [6.07, 6.45) is 1.24. The second-order valence-electron chi connectivity index (χ2n) is 5.35. The first-order valence-corrected chi connectivity index (χ1v) is 8.00. The van der Waals surface area contributed by atoms with Crippen LogP contribution in [0.3, 0.4) is 0 Å². The van der Waals surface area contributed by atoms with Gasteiger partial charge in [0.1, 0.15) is 6.10 Å². The Morgan fingerprint density at radius 2 is 2.16 bits per heavy atom. The maximum absolute atomic E-state index is 12.4. The van der Waals surface area contributed by atoms with Gasteiger partial charge in [0, 0.05) is 12.2 Å². The van der Waals surface area contributed by atoms with Gasteiger partial charge in [0.2, 0.25) is 5.89 Å². The highest BCUT2D eigenvalue weighted by atomic mass is 16.5. The van der Waals surface area contributed by atoms with Crippen LogP contribution >= 0.6 is 0 Å². The van der Waals surface area contributed by atoms with Crippen molar-refractivity contribution >= 4 is 5.91 Å². The number of H-pyrrole nitrogens is 1. The number of hydrogen-bond acceptors (Lipinski definition) is 6. The number of rotatable bonds is 7. The third-order valence-corrected chi connectivity index (χ3v) is 3.61. The van der Waals surface area contributed by atoms with E-state index in [1.165, 1.54) is 6.20 Å². The highest BCUT2D eigenvalue weighted by molar-refractivity contribution is 5.99. The molecule has 0 aliphatic carbocycles. The molecule has 0 aliphatic heterocycles. The average molecular weight is 341 g/mol. The zero-order valence-corrected chi connectivity index (χ0v) is 14.0. The summed E-state index contributed by atoms with van der Waals surface area (Å²) < 4.78 is 10.5. The van der Waals surface area contributed by atoms with Crippen LogP contribution in [0.5, 0.6) is 0 Å². The Balaban J connectivity index is 1.65. The van der Waals surface area contributed by atoms with E-state index in [9.17, 15) is 4.79 Å². The monoisotopic (exact) mass is 341 g/mol. The van der Waals surface area contributed by atoms with Crippen molar-refractivity contribution in [2.75, 3.05) is 6.61 Å². The highest BCUT2D eigenvalue weighted by Gasteiger charge is 2.17. The molecule has 0 saturated carbocycles. The maximum Gasteiger partial charge on any atom is 0.255 e. The van der Waals surface area contributed by atoms with E-state index in [1.54, 1.807) is 0 Å². The van der Waals surface area contributed by atoms with Gasteiger partial charge in [-0.1, -0.05) is 35.5 Å². The number of hydrogen-bond donors (Lipinski definition) is 2. The van der Waals surface area contributed by atoms with Crippen molar-refractivity contribution in [3.63, 3.8) is 0 Å². The fourth-order valence-electron chi connectivity index (χ4n) is 2.36. The lowest BCUT2D eigenvalue weighted by molar-refractivity contribution is 0.0683. The summed E-state index contributed by atoms with van der Waals surface area (Å²) >= 11 is 0. The molecule has 2 aromatic heterocycles. The predicted octanol–water partition coefficient (Wildman–Crippen LogP) is 2.49. The van der Waals surface area contributed by atoms with Crippen LogP contribution in [-0.4, -0.2) is 32.9 Å². The van der Waals surface area contributed by atoms with Crippen LogP contribution in [0.1, 0.15) is 42.0 Å². The van der Waals surface area contributed by atoms with Crippen molar-refractivity contribution in [2.24, 2.45) is 0 Å². The van der Waals surface area contributed by atoms with Gasteiger partial charge in [-0.3, -0.25) is 9.89 Å². The molecular formula is C17H19N5O3. The zero-order valence-electron chi connectivity index (χ0n) is 14.0. The van der Waals surface area contributed by atoms with Gasteiger partial charge < -0.3 is 14.6 Å². The van der Waals surface area contributed by atoms with Crippen molar-refractivity contribution in [3.05, 3.63) is 53.8 Å². The van der Waals surface area contributed by atoms with Gasteiger partial charge in [-0.05, 0) is 13.8 Å². The first-order valence-electron chi connectivity index (χ1n) is 8.00. The molecule has 25 heavy (non-hydrogen) atoms. The lowest BCUT2D eigenvalue weighted by Crippen LogP contribution is -2.23. The molecule has 2 N–H and O–H groups in total. The van der Waals surface area contributed by atoms with Crippen molar-refractivity contribution < 1.29 is 14.1 Å². The number of nitrogens with one attached hydrogen (secondary N) is 2. The van der Waals surface area contributed by atoms with Crippen molar-refractivity contribution in [1.29, 1.82) is 0 Å². The molecule has 1 aromatic carbocycles. The molecule has 3 aromatic rings. The van der Waals surface area contributed by atoms with Crippen LogP contribution in [0.2, 0.25) is 0 Å². The zero-order chi connectivity index (χ0) is 17.6. The molecule has 0 aliphatic rings. The Morgan fingerprint density at radius 3 is 2.92 bits per heavy atom. The van der Waals surface area contributed by atoms with Gasteiger partial charge in [0.15, 0.2) is 5.82 Å². The number of benzene rings is 1. The largest absolute Gasteiger partial charge is 0.371 e. The minimum Gasteiger partial charge on any atom is -0.371 e. The lowest BCUT2D eigenvalue weighted by atomic mass is 10.1. The Hall–Kier alpha value is -3.00. The number of carbonyl (C=O) groups is 1. The topological polar surface area (TPSA) is 106 Å². The van der Waals surface area contributed by atoms with E-state index in [2.05, 4.69) is 25.7 Å².